The molecule has 82 valence electrons. The van der Waals surface area contributed by atoms with Gasteiger partial charge in [-0.15, -0.1) is 0 Å². The fourth-order valence-corrected chi connectivity index (χ4v) is 1.22. The van der Waals surface area contributed by atoms with Gasteiger partial charge in [0.25, 0.3) is 5.91 Å². The van der Waals surface area contributed by atoms with Gasteiger partial charge in [0.05, 0.1) is 15.7 Å². The maximum absolute atomic E-state index is 10.8. The van der Waals surface area contributed by atoms with Crippen molar-refractivity contribution in [2.24, 2.45) is 5.73 Å². The van der Waals surface area contributed by atoms with Crippen LogP contribution in [-0.2, 0) is 4.79 Å². The SMILES string of the molecule is CC(Oc1cc(Cl)c(Cl)cc1N)C(N)=O. The second-order valence-corrected chi connectivity index (χ2v) is 3.78. The Balaban J connectivity index is 2.95. The van der Waals surface area contributed by atoms with Crippen molar-refractivity contribution in [3.8, 4) is 5.75 Å². The summed E-state index contributed by atoms with van der Waals surface area (Å²) in [5, 5.41) is 0.630. The van der Waals surface area contributed by atoms with Crippen LogP contribution in [-0.4, -0.2) is 12.0 Å². The molecule has 4 nitrogen and oxygen atoms in total. The molecule has 1 unspecified atom stereocenters. The van der Waals surface area contributed by atoms with Crippen molar-refractivity contribution >= 4 is 34.8 Å². The molecule has 0 saturated carbocycles. The first kappa shape index (κ1) is 11.9. The van der Waals surface area contributed by atoms with Crippen molar-refractivity contribution in [2.75, 3.05) is 5.73 Å². The molecule has 0 aliphatic heterocycles. The second-order valence-electron chi connectivity index (χ2n) is 2.97. The van der Waals surface area contributed by atoms with Gasteiger partial charge >= 0.3 is 0 Å². The van der Waals surface area contributed by atoms with Gasteiger partial charge < -0.3 is 16.2 Å². The van der Waals surface area contributed by atoms with Crippen LogP contribution < -0.4 is 16.2 Å². The zero-order valence-electron chi connectivity index (χ0n) is 7.96. The number of hydrogen-bond donors (Lipinski definition) is 2. The van der Waals surface area contributed by atoms with Gasteiger partial charge in [-0.25, -0.2) is 0 Å². The monoisotopic (exact) mass is 248 g/mol. The van der Waals surface area contributed by atoms with E-state index in [-0.39, 0.29) is 5.75 Å². The fourth-order valence-electron chi connectivity index (χ4n) is 0.895. The van der Waals surface area contributed by atoms with Gasteiger partial charge in [0.2, 0.25) is 0 Å². The Kier molecular flexibility index (Phi) is 3.66. The Hall–Kier alpha value is -1.13. The molecule has 4 N–H and O–H groups in total. The number of carbonyl (C=O) groups is 1. The topological polar surface area (TPSA) is 78.3 Å². The average molecular weight is 249 g/mol. The largest absolute Gasteiger partial charge is 0.479 e. The van der Waals surface area contributed by atoms with E-state index in [9.17, 15) is 4.79 Å². The molecular weight excluding hydrogens is 239 g/mol. The normalized spacial score (nSPS) is 12.2. The van der Waals surface area contributed by atoms with Gasteiger partial charge in [0, 0.05) is 6.07 Å². The lowest BCUT2D eigenvalue weighted by Crippen LogP contribution is -2.30. The summed E-state index contributed by atoms with van der Waals surface area (Å²) in [6, 6.07) is 2.89. The Bertz CT molecular complexity index is 396. The molecule has 6 heteroatoms. The number of halogens is 2. The van der Waals surface area contributed by atoms with Crippen LogP contribution in [0.5, 0.6) is 5.75 Å². The highest BCUT2D eigenvalue weighted by atomic mass is 35.5. The number of anilines is 1. The van der Waals surface area contributed by atoms with Gasteiger partial charge in [-0.05, 0) is 13.0 Å². The smallest absolute Gasteiger partial charge is 0.258 e. The van der Waals surface area contributed by atoms with E-state index in [1.165, 1.54) is 19.1 Å². The van der Waals surface area contributed by atoms with Gasteiger partial charge in [-0.3, -0.25) is 4.79 Å². The summed E-state index contributed by atoms with van der Waals surface area (Å²) in [6.45, 7) is 1.52. The second kappa shape index (κ2) is 4.59. The number of rotatable bonds is 3. The maximum atomic E-state index is 10.8. The number of nitrogen functional groups attached to an aromatic ring is 1. The predicted octanol–water partition coefficient (Wildman–Crippen LogP) is 1.83. The molecule has 0 aliphatic carbocycles. The fraction of sp³-hybridized carbons (Fsp3) is 0.222. The third-order valence-electron chi connectivity index (χ3n) is 1.76. The Labute approximate surface area is 97.1 Å². The van der Waals surface area contributed by atoms with E-state index in [0.717, 1.165) is 0 Å². The van der Waals surface area contributed by atoms with Gasteiger partial charge in [0.1, 0.15) is 5.75 Å². The molecule has 1 aromatic rings. The van der Waals surface area contributed by atoms with E-state index in [0.29, 0.717) is 15.7 Å². The summed E-state index contributed by atoms with van der Waals surface area (Å²) < 4.78 is 5.20. The van der Waals surface area contributed by atoms with Crippen LogP contribution >= 0.6 is 23.2 Å². The van der Waals surface area contributed by atoms with Crippen LogP contribution in [0, 0.1) is 0 Å². The van der Waals surface area contributed by atoms with Crippen molar-refractivity contribution in [2.45, 2.75) is 13.0 Å². The minimum Gasteiger partial charge on any atom is -0.479 e. The van der Waals surface area contributed by atoms with E-state index >= 15 is 0 Å². The average Bonchev–Trinajstić information content (AvgIpc) is 2.13. The van der Waals surface area contributed by atoms with Crippen molar-refractivity contribution in [3.05, 3.63) is 22.2 Å². The molecule has 0 bridgehead atoms. The molecule has 0 spiro atoms. The first-order valence-electron chi connectivity index (χ1n) is 4.12. The molecule has 0 fully saturated rings. The highest BCUT2D eigenvalue weighted by Crippen LogP contribution is 2.32. The predicted molar refractivity (Wildman–Crippen MR) is 60.2 cm³/mol. The minimum absolute atomic E-state index is 0.288. The minimum atomic E-state index is -0.774. The van der Waals surface area contributed by atoms with Crippen LogP contribution in [0.1, 0.15) is 6.92 Å². The Morgan fingerprint density at radius 2 is 1.93 bits per heavy atom. The van der Waals surface area contributed by atoms with Gasteiger partial charge in [-0.2, -0.15) is 0 Å². The van der Waals surface area contributed by atoms with Crippen LogP contribution in [0.4, 0.5) is 5.69 Å². The third kappa shape index (κ3) is 2.91. The molecule has 0 radical (unpaired) electrons. The van der Waals surface area contributed by atoms with Gasteiger partial charge in [0.15, 0.2) is 6.10 Å². The number of primary amides is 1. The number of hydrogen-bond acceptors (Lipinski definition) is 3. The molecule has 1 aromatic carbocycles. The molecular formula is C9H10Cl2N2O2. The quantitative estimate of drug-likeness (QED) is 0.802. The summed E-state index contributed by atoms with van der Waals surface area (Å²) in [5.41, 5.74) is 11.0. The Morgan fingerprint density at radius 1 is 1.40 bits per heavy atom. The van der Waals surface area contributed by atoms with E-state index in [4.69, 9.17) is 39.4 Å². The van der Waals surface area contributed by atoms with Crippen molar-refractivity contribution in [1.29, 1.82) is 0 Å². The van der Waals surface area contributed by atoms with Crippen LogP contribution in [0.3, 0.4) is 0 Å². The summed E-state index contributed by atoms with van der Waals surface area (Å²) in [4.78, 5) is 10.8. The van der Waals surface area contributed by atoms with Crippen molar-refractivity contribution in [3.63, 3.8) is 0 Å². The van der Waals surface area contributed by atoms with Crippen LogP contribution in [0.2, 0.25) is 10.0 Å². The van der Waals surface area contributed by atoms with E-state index in [1.807, 2.05) is 0 Å². The zero-order chi connectivity index (χ0) is 11.6. The number of carbonyl (C=O) groups excluding carboxylic acids is 1. The lowest BCUT2D eigenvalue weighted by Gasteiger charge is -2.13. The number of benzene rings is 1. The van der Waals surface area contributed by atoms with Crippen molar-refractivity contribution < 1.29 is 9.53 Å². The molecule has 0 aliphatic rings. The number of amides is 1. The maximum Gasteiger partial charge on any atom is 0.258 e. The van der Waals surface area contributed by atoms with Crippen molar-refractivity contribution in [1.82, 2.24) is 0 Å². The molecule has 1 rings (SSSR count). The number of nitrogens with two attached hydrogens (primary N) is 2. The lowest BCUT2D eigenvalue weighted by molar-refractivity contribution is -0.123. The summed E-state index contributed by atoms with van der Waals surface area (Å²) in [7, 11) is 0. The highest BCUT2D eigenvalue weighted by Gasteiger charge is 2.13. The molecule has 0 aromatic heterocycles. The first-order chi connectivity index (χ1) is 6.91. The Morgan fingerprint density at radius 3 is 2.47 bits per heavy atom. The van der Waals surface area contributed by atoms with Crippen LogP contribution in [0.25, 0.3) is 0 Å². The molecule has 0 saturated heterocycles. The van der Waals surface area contributed by atoms with Gasteiger partial charge in [-0.1, -0.05) is 23.2 Å². The summed E-state index contributed by atoms with van der Waals surface area (Å²) in [6.07, 6.45) is -0.774. The molecule has 1 amide bonds. The number of ether oxygens (including phenoxy) is 1. The van der Waals surface area contributed by atoms with E-state index < -0.39 is 12.0 Å². The lowest BCUT2D eigenvalue weighted by atomic mass is 10.3. The van der Waals surface area contributed by atoms with E-state index in [1.54, 1.807) is 0 Å². The first-order valence-corrected chi connectivity index (χ1v) is 4.88. The zero-order valence-corrected chi connectivity index (χ0v) is 9.47. The summed E-state index contributed by atoms with van der Waals surface area (Å²) >= 11 is 11.5. The molecule has 1 atom stereocenters. The summed E-state index contributed by atoms with van der Waals surface area (Å²) in [5.74, 6) is -0.295. The molecule has 15 heavy (non-hydrogen) atoms. The highest BCUT2D eigenvalue weighted by molar-refractivity contribution is 6.42. The third-order valence-corrected chi connectivity index (χ3v) is 2.48. The molecule has 0 heterocycles. The van der Waals surface area contributed by atoms with E-state index in [2.05, 4.69) is 0 Å². The standard InChI is InChI=1S/C9H10Cl2N2O2/c1-4(9(13)14)15-8-3-6(11)5(10)2-7(8)12/h2-4H,12H2,1H3,(H2,13,14). The van der Waals surface area contributed by atoms with Crippen LogP contribution in [0.15, 0.2) is 12.1 Å².